The summed E-state index contributed by atoms with van der Waals surface area (Å²) in [5, 5.41) is 14.6. The number of benzene rings is 2. The monoisotopic (exact) mass is 351 g/mol. The lowest BCUT2D eigenvalue weighted by molar-refractivity contribution is 0.104. The van der Waals surface area contributed by atoms with Gasteiger partial charge in [-0.3, -0.25) is 15.0 Å². The lowest BCUT2D eigenvalue weighted by Crippen LogP contribution is -1.95. The number of fused-ring (bicyclic) bond motifs is 5. The first-order chi connectivity index (χ1) is 13.3. The number of H-pyrrole nitrogens is 3. The molecular formula is C21H13N5O. The van der Waals surface area contributed by atoms with E-state index in [-0.39, 0.29) is 5.78 Å². The Labute approximate surface area is 153 Å². The molecule has 27 heavy (non-hydrogen) atoms. The molecule has 0 unspecified atom stereocenters. The topological polar surface area (TPSA) is 90.2 Å². The molecule has 3 heterocycles. The highest BCUT2D eigenvalue weighted by molar-refractivity contribution is 6.27. The summed E-state index contributed by atoms with van der Waals surface area (Å²) in [7, 11) is 0. The third kappa shape index (κ3) is 1.92. The highest BCUT2D eigenvalue weighted by Gasteiger charge is 2.31. The van der Waals surface area contributed by atoms with Crippen molar-refractivity contribution in [2.24, 2.45) is 0 Å². The smallest absolute Gasteiger partial charge is 0.196 e. The Hall–Kier alpha value is -3.93. The Morgan fingerprint density at radius 2 is 1.44 bits per heavy atom. The SMILES string of the molecule is O=C1c2ccc(-c3cn[nH]c3)cc2-c2[nH]c3cc(-c4cn[nH]c4)ccc3c21. The highest BCUT2D eigenvalue weighted by Crippen LogP contribution is 2.42. The third-order valence-corrected chi connectivity index (χ3v) is 5.22. The Balaban J connectivity index is 1.56. The van der Waals surface area contributed by atoms with Crippen LogP contribution in [0.3, 0.4) is 0 Å². The third-order valence-electron chi connectivity index (χ3n) is 5.22. The molecular weight excluding hydrogens is 338 g/mol. The Kier molecular flexibility index (Phi) is 2.66. The summed E-state index contributed by atoms with van der Waals surface area (Å²) in [4.78, 5) is 16.5. The largest absolute Gasteiger partial charge is 0.354 e. The standard InChI is InChI=1S/C21H13N5O/c27-21-15-3-1-11(13-7-22-23-8-13)5-17(15)20-19(21)16-4-2-12(6-18(16)26-20)14-9-24-25-10-14/h1-10,26H,(H,22,23)(H,24,25). The van der Waals surface area contributed by atoms with Crippen LogP contribution in [0.4, 0.5) is 0 Å². The van der Waals surface area contributed by atoms with Gasteiger partial charge in [0.1, 0.15) is 0 Å². The van der Waals surface area contributed by atoms with Crippen molar-refractivity contribution >= 4 is 16.7 Å². The number of nitrogens with zero attached hydrogens (tertiary/aromatic N) is 2. The van der Waals surface area contributed by atoms with E-state index >= 15 is 0 Å². The minimum Gasteiger partial charge on any atom is -0.354 e. The minimum atomic E-state index is 0.0704. The number of rotatable bonds is 2. The fraction of sp³-hybridized carbons (Fsp3) is 0. The van der Waals surface area contributed by atoms with Crippen LogP contribution in [0, 0.1) is 0 Å². The maximum atomic E-state index is 13.0. The van der Waals surface area contributed by atoms with Crippen LogP contribution in [0.1, 0.15) is 15.9 Å². The van der Waals surface area contributed by atoms with Gasteiger partial charge in [-0.15, -0.1) is 0 Å². The molecule has 6 nitrogen and oxygen atoms in total. The van der Waals surface area contributed by atoms with E-state index in [1.807, 2.05) is 36.7 Å². The van der Waals surface area contributed by atoms with Gasteiger partial charge in [-0.1, -0.05) is 18.2 Å². The van der Waals surface area contributed by atoms with Crippen LogP contribution in [-0.4, -0.2) is 31.2 Å². The fourth-order valence-corrected chi connectivity index (χ4v) is 3.90. The Bertz CT molecular complexity index is 1330. The maximum absolute atomic E-state index is 13.0. The number of nitrogens with one attached hydrogen (secondary N) is 3. The number of hydrogen-bond donors (Lipinski definition) is 3. The van der Waals surface area contributed by atoms with E-state index < -0.39 is 0 Å². The zero-order valence-electron chi connectivity index (χ0n) is 14.1. The van der Waals surface area contributed by atoms with Gasteiger partial charge in [0, 0.05) is 45.6 Å². The summed E-state index contributed by atoms with van der Waals surface area (Å²) < 4.78 is 0. The molecule has 5 aromatic rings. The molecule has 0 radical (unpaired) electrons. The maximum Gasteiger partial charge on any atom is 0.196 e. The second-order valence-corrected chi connectivity index (χ2v) is 6.70. The number of ketones is 1. The van der Waals surface area contributed by atoms with Crippen molar-refractivity contribution in [2.45, 2.75) is 0 Å². The first-order valence-electron chi connectivity index (χ1n) is 8.63. The Morgan fingerprint density at radius 1 is 0.741 bits per heavy atom. The van der Waals surface area contributed by atoms with Gasteiger partial charge < -0.3 is 4.98 Å². The van der Waals surface area contributed by atoms with Crippen LogP contribution < -0.4 is 0 Å². The first-order valence-corrected chi connectivity index (χ1v) is 8.63. The zero-order valence-corrected chi connectivity index (χ0v) is 14.1. The van der Waals surface area contributed by atoms with Crippen LogP contribution in [0.2, 0.25) is 0 Å². The van der Waals surface area contributed by atoms with Crippen LogP contribution in [0.15, 0.2) is 61.2 Å². The number of carbonyl (C=O) groups excluding carboxylic acids is 1. The predicted molar refractivity (Wildman–Crippen MR) is 102 cm³/mol. The molecule has 3 N–H and O–H groups in total. The molecule has 0 atom stereocenters. The summed E-state index contributed by atoms with van der Waals surface area (Å²) in [5.41, 5.74) is 8.36. The average Bonchev–Trinajstić information content (AvgIpc) is 3.48. The quantitative estimate of drug-likeness (QED) is 0.437. The molecule has 0 aliphatic heterocycles. The van der Waals surface area contributed by atoms with Gasteiger partial charge in [-0.2, -0.15) is 10.2 Å². The van der Waals surface area contributed by atoms with Gasteiger partial charge in [0.25, 0.3) is 0 Å². The highest BCUT2D eigenvalue weighted by atomic mass is 16.1. The van der Waals surface area contributed by atoms with Crippen molar-refractivity contribution in [2.75, 3.05) is 0 Å². The van der Waals surface area contributed by atoms with E-state index in [9.17, 15) is 4.79 Å². The average molecular weight is 351 g/mol. The van der Waals surface area contributed by atoms with E-state index in [2.05, 4.69) is 37.5 Å². The zero-order chi connectivity index (χ0) is 18.0. The predicted octanol–water partition coefficient (Wildman–Crippen LogP) is 4.16. The summed E-state index contributed by atoms with van der Waals surface area (Å²) in [5.74, 6) is 0.0704. The molecule has 0 fully saturated rings. The van der Waals surface area contributed by atoms with Gasteiger partial charge in [0.2, 0.25) is 0 Å². The van der Waals surface area contributed by atoms with Crippen molar-refractivity contribution in [3.8, 4) is 33.5 Å². The van der Waals surface area contributed by atoms with Crippen molar-refractivity contribution in [1.82, 2.24) is 25.4 Å². The summed E-state index contributed by atoms with van der Waals surface area (Å²) in [6, 6.07) is 12.0. The van der Waals surface area contributed by atoms with Crippen LogP contribution in [0.25, 0.3) is 44.4 Å². The molecule has 1 aliphatic carbocycles. The summed E-state index contributed by atoms with van der Waals surface area (Å²) in [6.07, 6.45) is 7.27. The first kappa shape index (κ1) is 14.3. The normalized spacial score (nSPS) is 12.5. The molecule has 2 aromatic carbocycles. The van der Waals surface area contributed by atoms with Gasteiger partial charge in [0.05, 0.1) is 23.7 Å². The minimum absolute atomic E-state index is 0.0704. The molecule has 6 heteroatoms. The summed E-state index contributed by atoms with van der Waals surface area (Å²) >= 11 is 0. The van der Waals surface area contributed by atoms with Crippen molar-refractivity contribution in [3.63, 3.8) is 0 Å². The van der Waals surface area contributed by atoms with Gasteiger partial charge >= 0.3 is 0 Å². The number of hydrogen-bond acceptors (Lipinski definition) is 3. The van der Waals surface area contributed by atoms with Crippen LogP contribution in [-0.2, 0) is 0 Å². The lowest BCUT2D eigenvalue weighted by Gasteiger charge is -2.03. The van der Waals surface area contributed by atoms with E-state index in [1.165, 1.54) is 0 Å². The summed E-state index contributed by atoms with van der Waals surface area (Å²) in [6.45, 7) is 0. The number of carbonyl (C=O) groups is 1. The molecule has 0 saturated heterocycles. The second kappa shape index (κ2) is 5.04. The van der Waals surface area contributed by atoms with Gasteiger partial charge in [0.15, 0.2) is 5.78 Å². The van der Waals surface area contributed by atoms with E-state index in [0.717, 1.165) is 55.5 Å². The molecule has 1 aliphatic rings. The fourth-order valence-electron chi connectivity index (χ4n) is 3.90. The van der Waals surface area contributed by atoms with E-state index in [0.29, 0.717) is 0 Å². The van der Waals surface area contributed by atoms with Crippen molar-refractivity contribution in [3.05, 3.63) is 72.3 Å². The molecule has 6 rings (SSSR count). The van der Waals surface area contributed by atoms with Gasteiger partial charge in [-0.05, 0) is 29.3 Å². The molecule has 128 valence electrons. The molecule has 0 bridgehead atoms. The number of aromatic nitrogens is 5. The molecule has 3 aromatic heterocycles. The van der Waals surface area contributed by atoms with Crippen molar-refractivity contribution < 1.29 is 4.79 Å². The van der Waals surface area contributed by atoms with Crippen molar-refractivity contribution in [1.29, 1.82) is 0 Å². The lowest BCUT2D eigenvalue weighted by atomic mass is 10.0. The second-order valence-electron chi connectivity index (χ2n) is 6.70. The van der Waals surface area contributed by atoms with E-state index in [1.54, 1.807) is 12.4 Å². The molecule has 0 saturated carbocycles. The number of aromatic amines is 3. The van der Waals surface area contributed by atoms with Gasteiger partial charge in [-0.25, -0.2) is 0 Å². The van der Waals surface area contributed by atoms with Crippen LogP contribution in [0.5, 0.6) is 0 Å². The van der Waals surface area contributed by atoms with E-state index in [4.69, 9.17) is 0 Å². The van der Waals surface area contributed by atoms with Crippen LogP contribution >= 0.6 is 0 Å². The molecule has 0 amide bonds. The molecule has 0 spiro atoms. The Morgan fingerprint density at radius 3 is 2.15 bits per heavy atom.